The number of nitrogens with zero attached hydrogens (tertiary/aromatic N) is 5. The lowest BCUT2D eigenvalue weighted by molar-refractivity contribution is -0.116. The van der Waals surface area contributed by atoms with Crippen molar-refractivity contribution in [3.63, 3.8) is 0 Å². The van der Waals surface area contributed by atoms with E-state index in [2.05, 4.69) is 25.6 Å². The summed E-state index contributed by atoms with van der Waals surface area (Å²) in [4.78, 5) is 17.4. The zero-order valence-corrected chi connectivity index (χ0v) is 20.0. The molecule has 2 aromatic carbocycles. The second kappa shape index (κ2) is 9.17. The number of anilines is 1. The van der Waals surface area contributed by atoms with Crippen molar-refractivity contribution in [2.45, 2.75) is 39.2 Å². The van der Waals surface area contributed by atoms with Crippen LogP contribution in [0.1, 0.15) is 43.0 Å². The molecule has 4 aromatic rings. The van der Waals surface area contributed by atoms with Gasteiger partial charge in [-0.2, -0.15) is 14.9 Å². The second-order valence-corrected chi connectivity index (χ2v) is 8.67. The number of aromatic nitrogens is 5. The topological polar surface area (TPSA) is 104 Å². The summed E-state index contributed by atoms with van der Waals surface area (Å²) in [5, 5.41) is 16.0. The van der Waals surface area contributed by atoms with Crippen LogP contribution in [0.15, 0.2) is 54.7 Å². The molecule has 0 saturated carbocycles. The number of aryl methyl sites for hydroxylation is 1. The predicted octanol–water partition coefficient (Wildman–Crippen LogP) is 4.30. The van der Waals surface area contributed by atoms with Crippen LogP contribution in [-0.2, 0) is 4.79 Å². The minimum atomic E-state index is -0.140. The first-order chi connectivity index (χ1) is 16.9. The van der Waals surface area contributed by atoms with Crippen molar-refractivity contribution in [3.8, 4) is 28.7 Å². The Balaban J connectivity index is 1.52. The third-order valence-corrected chi connectivity index (χ3v) is 5.88. The Morgan fingerprint density at radius 1 is 1.06 bits per heavy atom. The Kier molecular flexibility index (Phi) is 5.90. The van der Waals surface area contributed by atoms with Crippen LogP contribution in [0.4, 0.5) is 5.82 Å². The minimum Gasteiger partial charge on any atom is -0.497 e. The molecule has 1 amide bonds. The van der Waals surface area contributed by atoms with Gasteiger partial charge < -0.3 is 14.8 Å². The highest BCUT2D eigenvalue weighted by molar-refractivity contribution is 5.95. The Morgan fingerprint density at radius 3 is 2.46 bits per heavy atom. The van der Waals surface area contributed by atoms with E-state index in [1.165, 1.54) is 0 Å². The second-order valence-electron chi connectivity index (χ2n) is 8.67. The average molecular weight is 471 g/mol. The number of methoxy groups -OCH3 is 1. The van der Waals surface area contributed by atoms with Gasteiger partial charge in [-0.25, -0.2) is 4.98 Å². The minimum absolute atomic E-state index is 0.0922. The molecule has 35 heavy (non-hydrogen) atoms. The monoisotopic (exact) mass is 470 g/mol. The zero-order valence-electron chi connectivity index (χ0n) is 20.0. The summed E-state index contributed by atoms with van der Waals surface area (Å²) in [6, 6.07) is 15.4. The summed E-state index contributed by atoms with van der Waals surface area (Å²) in [5.74, 6) is 2.17. The number of carbonyl (C=O) groups excluding carboxylic acids is 1. The predicted molar refractivity (Wildman–Crippen MR) is 131 cm³/mol. The van der Waals surface area contributed by atoms with Gasteiger partial charge in [-0.3, -0.25) is 4.79 Å². The van der Waals surface area contributed by atoms with Gasteiger partial charge in [-0.05, 0) is 62.7 Å². The number of nitrogens with one attached hydrogen (secondary N) is 1. The summed E-state index contributed by atoms with van der Waals surface area (Å²) in [7, 11) is 1.62. The van der Waals surface area contributed by atoms with Crippen LogP contribution in [0.2, 0.25) is 0 Å². The van der Waals surface area contributed by atoms with Gasteiger partial charge in [0.15, 0.2) is 0 Å². The van der Waals surface area contributed by atoms with Crippen molar-refractivity contribution in [1.29, 1.82) is 0 Å². The highest BCUT2D eigenvalue weighted by atomic mass is 16.5. The molecule has 1 N–H and O–H groups in total. The van der Waals surface area contributed by atoms with E-state index < -0.39 is 0 Å². The molecule has 1 aliphatic heterocycles. The number of hydrogen-bond acceptors (Lipinski definition) is 7. The lowest BCUT2D eigenvalue weighted by Crippen LogP contribution is -2.25. The maximum atomic E-state index is 12.7. The molecular weight excluding hydrogens is 444 g/mol. The average Bonchev–Trinajstić information content (AvgIpc) is 3.20. The molecule has 5 rings (SSSR count). The SMILES string of the molecule is COc1ccc(-c2cnnc(-n3nc(C)c4c3NC(=O)C[C@@H]4c3ccc(OC(C)C)cc3)n2)cc1. The van der Waals surface area contributed by atoms with Gasteiger partial charge in [0.1, 0.15) is 17.3 Å². The Hall–Kier alpha value is -4.27. The van der Waals surface area contributed by atoms with Crippen LogP contribution in [-0.4, -0.2) is 44.1 Å². The molecule has 3 heterocycles. The van der Waals surface area contributed by atoms with Crippen molar-refractivity contribution in [3.05, 3.63) is 71.5 Å². The van der Waals surface area contributed by atoms with Crippen LogP contribution in [0.3, 0.4) is 0 Å². The highest BCUT2D eigenvalue weighted by Crippen LogP contribution is 2.40. The summed E-state index contributed by atoms with van der Waals surface area (Å²) in [6.45, 7) is 5.91. The smallest absolute Gasteiger partial charge is 0.272 e. The van der Waals surface area contributed by atoms with Gasteiger partial charge in [0, 0.05) is 23.5 Å². The molecule has 0 fully saturated rings. The van der Waals surface area contributed by atoms with Gasteiger partial charge in [0.25, 0.3) is 5.95 Å². The number of rotatable bonds is 6. The summed E-state index contributed by atoms with van der Waals surface area (Å²) < 4.78 is 12.6. The Bertz CT molecular complexity index is 1360. The fourth-order valence-corrected chi connectivity index (χ4v) is 4.31. The van der Waals surface area contributed by atoms with Crippen LogP contribution in [0.5, 0.6) is 11.5 Å². The first kappa shape index (κ1) is 22.5. The van der Waals surface area contributed by atoms with Crippen molar-refractivity contribution in [2.75, 3.05) is 12.4 Å². The summed E-state index contributed by atoms with van der Waals surface area (Å²) in [5.41, 5.74) is 4.27. The van der Waals surface area contributed by atoms with E-state index in [9.17, 15) is 4.79 Å². The fraction of sp³-hybridized carbons (Fsp3) is 0.269. The number of fused-ring (bicyclic) bond motifs is 1. The number of amides is 1. The molecule has 9 nitrogen and oxygen atoms in total. The van der Waals surface area contributed by atoms with E-state index in [1.807, 2.05) is 69.3 Å². The molecule has 0 saturated heterocycles. The third kappa shape index (κ3) is 4.44. The lowest BCUT2D eigenvalue weighted by Gasteiger charge is -2.24. The molecule has 0 radical (unpaired) electrons. The maximum Gasteiger partial charge on any atom is 0.272 e. The normalized spacial score (nSPS) is 15.0. The van der Waals surface area contributed by atoms with Gasteiger partial charge in [0.05, 0.1) is 30.8 Å². The van der Waals surface area contributed by atoms with Gasteiger partial charge in [-0.1, -0.05) is 12.1 Å². The highest BCUT2D eigenvalue weighted by Gasteiger charge is 2.33. The van der Waals surface area contributed by atoms with E-state index in [1.54, 1.807) is 18.0 Å². The summed E-state index contributed by atoms with van der Waals surface area (Å²) >= 11 is 0. The van der Waals surface area contributed by atoms with E-state index in [4.69, 9.17) is 9.47 Å². The molecule has 0 unspecified atom stereocenters. The standard InChI is InChI=1S/C26H26N6O3/c1-15(2)35-20-11-5-17(6-12-20)21-13-23(33)29-25-24(21)16(3)31-32(25)26-28-22(14-27-30-26)18-7-9-19(34-4)10-8-18/h5-12,14-15,21H,13H2,1-4H3,(H,29,33)/t21-/m1/s1. The molecule has 0 spiro atoms. The van der Waals surface area contributed by atoms with Crippen LogP contribution < -0.4 is 14.8 Å². The molecule has 178 valence electrons. The van der Waals surface area contributed by atoms with E-state index in [-0.39, 0.29) is 23.9 Å². The van der Waals surface area contributed by atoms with Crippen molar-refractivity contribution >= 4 is 11.7 Å². The maximum absolute atomic E-state index is 12.7. The molecule has 9 heteroatoms. The zero-order chi connectivity index (χ0) is 24.5. The first-order valence-electron chi connectivity index (χ1n) is 11.4. The first-order valence-corrected chi connectivity index (χ1v) is 11.4. The van der Waals surface area contributed by atoms with Gasteiger partial charge in [-0.15, -0.1) is 5.10 Å². The third-order valence-electron chi connectivity index (χ3n) is 5.88. The molecule has 1 aliphatic rings. The Labute approximate surface area is 203 Å². The van der Waals surface area contributed by atoms with E-state index >= 15 is 0 Å². The van der Waals surface area contributed by atoms with E-state index in [0.717, 1.165) is 33.9 Å². The van der Waals surface area contributed by atoms with Crippen LogP contribution in [0.25, 0.3) is 17.2 Å². The molecular formula is C26H26N6O3. The lowest BCUT2D eigenvalue weighted by atomic mass is 9.86. The number of hydrogen-bond donors (Lipinski definition) is 1. The summed E-state index contributed by atoms with van der Waals surface area (Å²) in [6.07, 6.45) is 2.02. The molecule has 1 atom stereocenters. The largest absolute Gasteiger partial charge is 0.497 e. The van der Waals surface area contributed by atoms with E-state index in [0.29, 0.717) is 17.9 Å². The Morgan fingerprint density at radius 2 is 1.77 bits per heavy atom. The fourth-order valence-electron chi connectivity index (χ4n) is 4.31. The van der Waals surface area contributed by atoms with Gasteiger partial charge >= 0.3 is 0 Å². The molecule has 2 aromatic heterocycles. The number of carbonyl (C=O) groups is 1. The van der Waals surface area contributed by atoms with Crippen molar-refractivity contribution in [1.82, 2.24) is 25.0 Å². The van der Waals surface area contributed by atoms with Gasteiger partial charge in [0.2, 0.25) is 5.91 Å². The molecule has 0 aliphatic carbocycles. The van der Waals surface area contributed by atoms with Crippen LogP contribution in [0, 0.1) is 6.92 Å². The molecule has 0 bridgehead atoms. The van der Waals surface area contributed by atoms with Crippen molar-refractivity contribution < 1.29 is 14.3 Å². The van der Waals surface area contributed by atoms with Crippen LogP contribution >= 0.6 is 0 Å². The number of benzene rings is 2. The van der Waals surface area contributed by atoms with Crippen molar-refractivity contribution in [2.24, 2.45) is 0 Å². The quantitative estimate of drug-likeness (QED) is 0.448. The number of ether oxygens (including phenoxy) is 2.